The molecule has 0 aromatic rings. The number of hydrogen-bond donors (Lipinski definition) is 0. The quantitative estimate of drug-likeness (QED) is 0.664. The van der Waals surface area contributed by atoms with Crippen LogP contribution in [0.2, 0.25) is 0 Å². The molecule has 0 heterocycles. The molecule has 0 atom stereocenters. The van der Waals surface area contributed by atoms with E-state index in [0.29, 0.717) is 6.92 Å². The van der Waals surface area contributed by atoms with E-state index < -0.39 is 36.8 Å². The van der Waals surface area contributed by atoms with Crippen LogP contribution in [0.1, 0.15) is 19.8 Å². The first-order valence-electron chi connectivity index (χ1n) is 3.97. The molecule has 0 saturated carbocycles. The van der Waals surface area contributed by atoms with E-state index in [-0.39, 0.29) is 0 Å². The van der Waals surface area contributed by atoms with Crippen LogP contribution in [0.4, 0.5) is 39.5 Å². The molecule has 0 aliphatic carbocycles. The molecule has 0 saturated heterocycles. The second-order valence-corrected chi connectivity index (χ2v) is 3.14. The first kappa shape index (κ1) is 15.4. The Morgan fingerprint density at radius 3 is 1.25 bits per heavy atom. The van der Waals surface area contributed by atoms with Crippen molar-refractivity contribution >= 4 is 0 Å². The van der Waals surface area contributed by atoms with Crippen LogP contribution in [0.25, 0.3) is 0 Å². The van der Waals surface area contributed by atoms with Crippen molar-refractivity contribution in [3.8, 4) is 0 Å². The van der Waals surface area contributed by atoms with E-state index in [1.807, 2.05) is 0 Å². The highest BCUT2D eigenvalue weighted by Gasteiger charge is 2.67. The molecular weight excluding hydrogens is 255 g/mol. The van der Waals surface area contributed by atoms with E-state index in [0.717, 1.165) is 0 Å². The van der Waals surface area contributed by atoms with Gasteiger partial charge in [0.1, 0.15) is 0 Å². The Kier molecular flexibility index (Phi) is 3.83. The molecular formula is C7H7F9. The summed E-state index contributed by atoms with van der Waals surface area (Å²) in [5.74, 6) is -16.2. The van der Waals surface area contributed by atoms with Gasteiger partial charge in [0, 0.05) is 6.42 Å². The summed E-state index contributed by atoms with van der Waals surface area (Å²) in [4.78, 5) is 0. The fourth-order valence-corrected chi connectivity index (χ4v) is 0.767. The zero-order valence-electron chi connectivity index (χ0n) is 7.82. The van der Waals surface area contributed by atoms with Gasteiger partial charge < -0.3 is 0 Å². The normalized spacial score (nSPS) is 15.4. The van der Waals surface area contributed by atoms with Crippen molar-refractivity contribution in [3.05, 3.63) is 0 Å². The molecule has 0 rings (SSSR count). The van der Waals surface area contributed by atoms with Crippen molar-refractivity contribution in [2.45, 2.75) is 43.7 Å². The Morgan fingerprint density at radius 1 is 0.625 bits per heavy atom. The van der Waals surface area contributed by atoms with Crippen molar-refractivity contribution in [2.24, 2.45) is 0 Å². The monoisotopic (exact) mass is 262 g/mol. The van der Waals surface area contributed by atoms with E-state index in [1.54, 1.807) is 0 Å². The molecule has 9 heteroatoms. The summed E-state index contributed by atoms with van der Waals surface area (Å²) in [6.07, 6.45) is -11.1. The Balaban J connectivity index is 4.99. The zero-order chi connectivity index (χ0) is 13.4. The summed E-state index contributed by atoms with van der Waals surface area (Å²) in [5, 5.41) is 0. The van der Waals surface area contributed by atoms with Crippen LogP contribution in [0.3, 0.4) is 0 Å². The van der Waals surface area contributed by atoms with E-state index >= 15 is 0 Å². The van der Waals surface area contributed by atoms with Crippen molar-refractivity contribution in [1.29, 1.82) is 0 Å². The van der Waals surface area contributed by atoms with Crippen molar-refractivity contribution in [3.63, 3.8) is 0 Å². The lowest BCUT2D eigenvalue weighted by Crippen LogP contribution is -2.49. The Bertz CT molecular complexity index is 239. The number of hydrogen-bond acceptors (Lipinski definition) is 0. The first-order valence-corrected chi connectivity index (χ1v) is 3.97. The highest BCUT2D eigenvalue weighted by molar-refractivity contribution is 4.91. The maximum atomic E-state index is 12.5. The van der Waals surface area contributed by atoms with Crippen LogP contribution in [0, 0.1) is 0 Å². The minimum Gasteiger partial charge on any atom is -0.200 e. The Morgan fingerprint density at radius 2 is 1.00 bits per heavy atom. The summed E-state index contributed by atoms with van der Waals surface area (Å²) < 4.78 is 109. The molecule has 98 valence electrons. The number of rotatable bonds is 4. The molecule has 0 bridgehead atoms. The van der Waals surface area contributed by atoms with Gasteiger partial charge in [0.25, 0.3) is 0 Å². The van der Waals surface area contributed by atoms with Crippen molar-refractivity contribution < 1.29 is 39.5 Å². The predicted molar refractivity (Wildman–Crippen MR) is 35.8 cm³/mol. The lowest BCUT2D eigenvalue weighted by Gasteiger charge is -2.29. The van der Waals surface area contributed by atoms with Crippen LogP contribution < -0.4 is 0 Å². The van der Waals surface area contributed by atoms with Gasteiger partial charge in [-0.2, -0.15) is 39.5 Å². The second kappa shape index (κ2) is 3.99. The standard InChI is InChI=1S/C7H7F9/c1-2-4(8,9)5(10,11)3-6(12,13)7(14,15)16/h2-3H2,1H3. The largest absolute Gasteiger partial charge is 0.453 e. The van der Waals surface area contributed by atoms with Gasteiger partial charge in [-0.1, -0.05) is 6.92 Å². The van der Waals surface area contributed by atoms with Crippen molar-refractivity contribution in [1.82, 2.24) is 0 Å². The fraction of sp³-hybridized carbons (Fsp3) is 1.00. The third-order valence-corrected chi connectivity index (χ3v) is 1.84. The number of alkyl halides is 9. The fourth-order valence-electron chi connectivity index (χ4n) is 0.767. The van der Waals surface area contributed by atoms with Gasteiger partial charge in [0.2, 0.25) is 0 Å². The Hall–Kier alpha value is -0.630. The van der Waals surface area contributed by atoms with Crippen LogP contribution in [0.15, 0.2) is 0 Å². The molecule has 0 nitrogen and oxygen atoms in total. The predicted octanol–water partition coefficient (Wildman–Crippen LogP) is 4.25. The van der Waals surface area contributed by atoms with E-state index in [2.05, 4.69) is 0 Å². The highest BCUT2D eigenvalue weighted by atomic mass is 19.4. The summed E-state index contributed by atoms with van der Waals surface area (Å²) >= 11 is 0. The average Bonchev–Trinajstić information content (AvgIpc) is 1.99. The van der Waals surface area contributed by atoms with Crippen LogP contribution in [-0.4, -0.2) is 23.9 Å². The summed E-state index contributed by atoms with van der Waals surface area (Å²) in [5.41, 5.74) is 0. The maximum Gasteiger partial charge on any atom is 0.453 e. The van der Waals surface area contributed by atoms with Crippen LogP contribution in [0.5, 0.6) is 0 Å². The number of halogens is 9. The van der Waals surface area contributed by atoms with Gasteiger partial charge >= 0.3 is 23.9 Å². The minimum atomic E-state index is -6.28. The smallest absolute Gasteiger partial charge is 0.200 e. The van der Waals surface area contributed by atoms with Crippen molar-refractivity contribution in [2.75, 3.05) is 0 Å². The third kappa shape index (κ3) is 2.94. The SMILES string of the molecule is CCC(F)(F)C(F)(F)CC(F)(F)C(F)(F)F. The van der Waals surface area contributed by atoms with Gasteiger partial charge in [0.15, 0.2) is 0 Å². The molecule has 0 aromatic heterocycles. The summed E-state index contributed by atoms with van der Waals surface area (Å²) in [6, 6.07) is 0. The molecule has 0 aromatic carbocycles. The first-order chi connectivity index (χ1) is 6.77. The van der Waals surface area contributed by atoms with Gasteiger partial charge in [0.05, 0.1) is 6.42 Å². The Labute approximate surface area is 84.4 Å². The van der Waals surface area contributed by atoms with Gasteiger partial charge in [-0.25, -0.2) is 0 Å². The topological polar surface area (TPSA) is 0 Å². The zero-order valence-corrected chi connectivity index (χ0v) is 7.82. The average molecular weight is 262 g/mol. The summed E-state index contributed by atoms with van der Waals surface area (Å²) in [6.45, 7) is 0.555. The molecule has 0 fully saturated rings. The maximum absolute atomic E-state index is 12.5. The molecule has 0 N–H and O–H groups in total. The lowest BCUT2D eigenvalue weighted by atomic mass is 10.0. The van der Waals surface area contributed by atoms with Gasteiger partial charge in [-0.05, 0) is 0 Å². The minimum absolute atomic E-state index is 0.555. The second-order valence-electron chi connectivity index (χ2n) is 3.14. The summed E-state index contributed by atoms with van der Waals surface area (Å²) in [7, 11) is 0. The molecule has 0 amide bonds. The van der Waals surface area contributed by atoms with E-state index in [1.165, 1.54) is 0 Å². The van der Waals surface area contributed by atoms with E-state index in [9.17, 15) is 39.5 Å². The molecule has 0 unspecified atom stereocenters. The van der Waals surface area contributed by atoms with Gasteiger partial charge in [-0.3, -0.25) is 0 Å². The van der Waals surface area contributed by atoms with E-state index in [4.69, 9.17) is 0 Å². The van der Waals surface area contributed by atoms with Crippen LogP contribution in [-0.2, 0) is 0 Å². The molecule has 0 spiro atoms. The van der Waals surface area contributed by atoms with Gasteiger partial charge in [-0.15, -0.1) is 0 Å². The highest BCUT2D eigenvalue weighted by Crippen LogP contribution is 2.48. The molecule has 0 aliphatic heterocycles. The third-order valence-electron chi connectivity index (χ3n) is 1.84. The molecule has 16 heavy (non-hydrogen) atoms. The van der Waals surface area contributed by atoms with Crippen LogP contribution >= 0.6 is 0 Å². The lowest BCUT2D eigenvalue weighted by molar-refractivity contribution is -0.320. The molecule has 0 aliphatic rings. The molecule has 0 radical (unpaired) electrons.